The topological polar surface area (TPSA) is 86.4 Å². The lowest BCUT2D eigenvalue weighted by Gasteiger charge is -2.18. The summed E-state index contributed by atoms with van der Waals surface area (Å²) in [6.45, 7) is 8.64. The Morgan fingerprint density at radius 3 is 2.45 bits per heavy atom. The Bertz CT molecular complexity index is 1020. The van der Waals surface area contributed by atoms with Crippen molar-refractivity contribution >= 4 is 10.0 Å². The highest BCUT2D eigenvalue weighted by atomic mass is 32.2. The number of benzene rings is 1. The first kappa shape index (κ1) is 21.1. The number of aromatic nitrogens is 2. The van der Waals surface area contributed by atoms with Crippen molar-refractivity contribution in [1.82, 2.24) is 14.5 Å². The summed E-state index contributed by atoms with van der Waals surface area (Å²) in [6, 6.07) is 11.6. The molecule has 29 heavy (non-hydrogen) atoms. The lowest BCUT2D eigenvalue weighted by atomic mass is 10.2. The third-order valence-corrected chi connectivity index (χ3v) is 5.83. The van der Waals surface area contributed by atoms with Crippen LogP contribution in [0.15, 0.2) is 58.0 Å². The summed E-state index contributed by atoms with van der Waals surface area (Å²) in [4.78, 5) is 0.181. The molecule has 7 nitrogen and oxygen atoms in total. The van der Waals surface area contributed by atoms with Crippen molar-refractivity contribution in [3.8, 4) is 5.75 Å². The van der Waals surface area contributed by atoms with Gasteiger partial charge in [-0.15, -0.1) is 0 Å². The SMILES string of the molecule is Cc1cc(C)n(C(CNS(=O)(=O)c2ccc(OCC(C)C)cc2)c2ccco2)n1. The van der Waals surface area contributed by atoms with Crippen LogP contribution in [0, 0.1) is 19.8 Å². The number of nitrogens with zero attached hydrogens (tertiary/aromatic N) is 2. The Morgan fingerprint density at radius 1 is 1.17 bits per heavy atom. The molecule has 0 radical (unpaired) electrons. The van der Waals surface area contributed by atoms with E-state index in [2.05, 4.69) is 23.7 Å². The third kappa shape index (κ3) is 5.27. The van der Waals surface area contributed by atoms with Crippen molar-refractivity contribution in [2.75, 3.05) is 13.2 Å². The second-order valence-corrected chi connectivity index (χ2v) is 9.20. The molecule has 0 aliphatic rings. The van der Waals surface area contributed by atoms with Crippen LogP contribution in [-0.2, 0) is 10.0 Å². The first-order chi connectivity index (χ1) is 13.8. The van der Waals surface area contributed by atoms with Crippen molar-refractivity contribution in [1.29, 1.82) is 0 Å². The predicted molar refractivity (Wildman–Crippen MR) is 111 cm³/mol. The molecule has 1 aromatic carbocycles. The molecule has 0 fully saturated rings. The summed E-state index contributed by atoms with van der Waals surface area (Å²) < 4.78 is 41.2. The lowest BCUT2D eigenvalue weighted by molar-refractivity contribution is 0.271. The van der Waals surface area contributed by atoms with Crippen molar-refractivity contribution in [3.05, 3.63) is 65.9 Å². The summed E-state index contributed by atoms with van der Waals surface area (Å²) >= 11 is 0. The second-order valence-electron chi connectivity index (χ2n) is 7.43. The molecule has 8 heteroatoms. The van der Waals surface area contributed by atoms with Crippen LogP contribution in [0.4, 0.5) is 0 Å². The maximum absolute atomic E-state index is 12.8. The van der Waals surface area contributed by atoms with Gasteiger partial charge in [0.15, 0.2) is 0 Å². The Labute approximate surface area is 171 Å². The molecule has 1 unspecified atom stereocenters. The van der Waals surface area contributed by atoms with Gasteiger partial charge in [-0.05, 0) is 62.2 Å². The van der Waals surface area contributed by atoms with Crippen LogP contribution in [-0.4, -0.2) is 31.3 Å². The number of rotatable bonds is 9. The number of sulfonamides is 1. The van der Waals surface area contributed by atoms with Gasteiger partial charge in [0.05, 0.1) is 23.5 Å². The highest BCUT2D eigenvalue weighted by Gasteiger charge is 2.23. The van der Waals surface area contributed by atoms with E-state index in [-0.39, 0.29) is 17.5 Å². The van der Waals surface area contributed by atoms with E-state index in [0.29, 0.717) is 24.0 Å². The van der Waals surface area contributed by atoms with E-state index in [1.807, 2.05) is 26.0 Å². The lowest BCUT2D eigenvalue weighted by Crippen LogP contribution is -2.32. The van der Waals surface area contributed by atoms with E-state index in [0.717, 1.165) is 11.4 Å². The molecule has 0 aliphatic carbocycles. The zero-order chi connectivity index (χ0) is 21.0. The van der Waals surface area contributed by atoms with Gasteiger partial charge in [-0.3, -0.25) is 4.68 Å². The van der Waals surface area contributed by atoms with Crippen LogP contribution in [0.3, 0.4) is 0 Å². The van der Waals surface area contributed by atoms with Crippen molar-refractivity contribution in [3.63, 3.8) is 0 Å². The number of furan rings is 1. The molecule has 2 aromatic heterocycles. The second kappa shape index (κ2) is 8.84. The number of hydrogen-bond donors (Lipinski definition) is 1. The van der Waals surface area contributed by atoms with E-state index < -0.39 is 10.0 Å². The van der Waals surface area contributed by atoms with Crippen LogP contribution in [0.2, 0.25) is 0 Å². The van der Waals surface area contributed by atoms with E-state index in [9.17, 15) is 8.42 Å². The zero-order valence-electron chi connectivity index (χ0n) is 17.1. The molecule has 3 rings (SSSR count). The van der Waals surface area contributed by atoms with Crippen LogP contribution < -0.4 is 9.46 Å². The Morgan fingerprint density at radius 2 is 1.90 bits per heavy atom. The van der Waals surface area contributed by atoms with Crippen molar-refractivity contribution < 1.29 is 17.6 Å². The quantitative estimate of drug-likeness (QED) is 0.574. The maximum atomic E-state index is 12.8. The number of aryl methyl sites for hydroxylation is 2. The molecule has 0 saturated heterocycles. The summed E-state index contributed by atoms with van der Waals surface area (Å²) in [5, 5.41) is 4.49. The molecule has 2 heterocycles. The fourth-order valence-corrected chi connectivity index (χ4v) is 4.04. The monoisotopic (exact) mass is 417 g/mol. The standard InChI is InChI=1S/C21H27N3O4S/c1-15(2)14-28-18-7-9-19(10-8-18)29(25,26)22-13-20(21-6-5-11-27-21)24-17(4)12-16(3)23-24/h5-12,15,20,22H,13-14H2,1-4H3. The first-order valence-electron chi connectivity index (χ1n) is 9.55. The minimum absolute atomic E-state index is 0.114. The smallest absolute Gasteiger partial charge is 0.240 e. The third-order valence-electron chi connectivity index (χ3n) is 4.40. The van der Waals surface area contributed by atoms with Gasteiger partial charge < -0.3 is 9.15 Å². The fourth-order valence-electron chi connectivity index (χ4n) is 3.00. The van der Waals surface area contributed by atoms with Gasteiger partial charge in [0, 0.05) is 12.2 Å². The van der Waals surface area contributed by atoms with Crippen LogP contribution in [0.5, 0.6) is 5.75 Å². The van der Waals surface area contributed by atoms with Gasteiger partial charge in [-0.2, -0.15) is 5.10 Å². The van der Waals surface area contributed by atoms with Gasteiger partial charge >= 0.3 is 0 Å². The molecule has 0 amide bonds. The number of hydrogen-bond acceptors (Lipinski definition) is 5. The average molecular weight is 418 g/mol. The normalized spacial score (nSPS) is 13.0. The minimum atomic E-state index is -3.70. The molecular formula is C21H27N3O4S. The van der Waals surface area contributed by atoms with Crippen LogP contribution in [0.1, 0.15) is 37.0 Å². The van der Waals surface area contributed by atoms with E-state index in [1.165, 1.54) is 0 Å². The fraction of sp³-hybridized carbons (Fsp3) is 0.381. The van der Waals surface area contributed by atoms with Crippen LogP contribution >= 0.6 is 0 Å². The molecule has 3 aromatic rings. The van der Waals surface area contributed by atoms with E-state index >= 15 is 0 Å². The highest BCUT2D eigenvalue weighted by molar-refractivity contribution is 7.89. The van der Waals surface area contributed by atoms with Gasteiger partial charge in [-0.1, -0.05) is 13.8 Å². The van der Waals surface area contributed by atoms with E-state index in [4.69, 9.17) is 9.15 Å². The summed E-state index contributed by atoms with van der Waals surface area (Å²) in [5.74, 6) is 1.68. The Kier molecular flexibility index (Phi) is 6.44. The Hall–Kier alpha value is -2.58. The molecule has 156 valence electrons. The highest BCUT2D eigenvalue weighted by Crippen LogP contribution is 2.22. The maximum Gasteiger partial charge on any atom is 0.240 e. The van der Waals surface area contributed by atoms with Gasteiger partial charge in [0.25, 0.3) is 0 Å². The number of ether oxygens (including phenoxy) is 1. The number of nitrogens with one attached hydrogen (secondary N) is 1. The molecule has 1 atom stereocenters. The average Bonchev–Trinajstić information content (AvgIpc) is 3.31. The molecule has 0 aliphatic heterocycles. The largest absolute Gasteiger partial charge is 0.493 e. The first-order valence-corrected chi connectivity index (χ1v) is 11.0. The van der Waals surface area contributed by atoms with Crippen molar-refractivity contribution in [2.24, 2.45) is 5.92 Å². The molecular weight excluding hydrogens is 390 g/mol. The predicted octanol–water partition coefficient (Wildman–Crippen LogP) is 3.70. The van der Waals surface area contributed by atoms with Gasteiger partial charge in [0.2, 0.25) is 10.0 Å². The molecule has 0 bridgehead atoms. The molecule has 0 saturated carbocycles. The summed E-state index contributed by atoms with van der Waals surface area (Å²) in [7, 11) is -3.70. The van der Waals surface area contributed by atoms with Gasteiger partial charge in [0.1, 0.15) is 17.6 Å². The molecule has 0 spiro atoms. The minimum Gasteiger partial charge on any atom is -0.493 e. The van der Waals surface area contributed by atoms with Crippen molar-refractivity contribution in [2.45, 2.75) is 38.6 Å². The van der Waals surface area contributed by atoms with Crippen LogP contribution in [0.25, 0.3) is 0 Å². The van der Waals surface area contributed by atoms with E-state index in [1.54, 1.807) is 41.3 Å². The Balaban J connectivity index is 1.75. The molecule has 1 N–H and O–H groups in total. The zero-order valence-corrected chi connectivity index (χ0v) is 17.9. The summed E-state index contributed by atoms with van der Waals surface area (Å²) in [6.07, 6.45) is 1.57. The van der Waals surface area contributed by atoms with Gasteiger partial charge in [-0.25, -0.2) is 13.1 Å². The summed E-state index contributed by atoms with van der Waals surface area (Å²) in [5.41, 5.74) is 1.79.